The van der Waals surface area contributed by atoms with Gasteiger partial charge in [0.25, 0.3) is 0 Å². The lowest BCUT2D eigenvalue weighted by molar-refractivity contribution is 1.06. The second-order valence-electron chi connectivity index (χ2n) is 3.24. The topological polar surface area (TPSA) is 12.4 Å². The average molecular weight is 175 g/mol. The highest BCUT2D eigenvalue weighted by Gasteiger charge is 2.06. The fourth-order valence-corrected chi connectivity index (χ4v) is 1.37. The maximum atomic E-state index is 4.29. The van der Waals surface area contributed by atoms with Crippen molar-refractivity contribution in [3.8, 4) is 0 Å². The SMILES string of the molecule is C/C=C(C)\C=C1\C=CCCC1=NC. The molecule has 0 heterocycles. The summed E-state index contributed by atoms with van der Waals surface area (Å²) in [5.41, 5.74) is 3.79. The first-order valence-corrected chi connectivity index (χ1v) is 4.75. The maximum Gasteiger partial charge on any atom is 0.0420 e. The molecular formula is C12H17N. The van der Waals surface area contributed by atoms with Gasteiger partial charge in [0.05, 0.1) is 0 Å². The predicted octanol–water partition coefficient (Wildman–Crippen LogP) is 3.30. The van der Waals surface area contributed by atoms with Gasteiger partial charge < -0.3 is 0 Å². The van der Waals surface area contributed by atoms with Crippen LogP contribution in [-0.4, -0.2) is 12.8 Å². The van der Waals surface area contributed by atoms with Crippen LogP contribution in [0.5, 0.6) is 0 Å². The highest BCUT2D eigenvalue weighted by atomic mass is 14.7. The third kappa shape index (κ3) is 2.69. The molecule has 70 valence electrons. The van der Waals surface area contributed by atoms with Crippen LogP contribution in [-0.2, 0) is 0 Å². The molecule has 0 radical (unpaired) electrons. The lowest BCUT2D eigenvalue weighted by atomic mass is 9.97. The molecule has 0 bridgehead atoms. The highest BCUT2D eigenvalue weighted by molar-refractivity contribution is 6.03. The minimum Gasteiger partial charge on any atom is -0.292 e. The Kier molecular flexibility index (Phi) is 3.69. The van der Waals surface area contributed by atoms with Crippen molar-refractivity contribution in [1.29, 1.82) is 0 Å². The molecule has 0 spiro atoms. The monoisotopic (exact) mass is 175 g/mol. The van der Waals surface area contributed by atoms with E-state index in [1.165, 1.54) is 16.9 Å². The summed E-state index contributed by atoms with van der Waals surface area (Å²) in [6.45, 7) is 4.17. The second-order valence-corrected chi connectivity index (χ2v) is 3.24. The molecule has 0 saturated carbocycles. The van der Waals surface area contributed by atoms with E-state index < -0.39 is 0 Å². The van der Waals surface area contributed by atoms with Gasteiger partial charge in [-0.1, -0.05) is 29.9 Å². The van der Waals surface area contributed by atoms with E-state index in [-0.39, 0.29) is 0 Å². The van der Waals surface area contributed by atoms with Crippen LogP contribution in [0.25, 0.3) is 0 Å². The average Bonchev–Trinajstić information content (AvgIpc) is 2.18. The molecule has 1 rings (SSSR count). The summed E-state index contributed by atoms with van der Waals surface area (Å²) >= 11 is 0. The van der Waals surface area contributed by atoms with Gasteiger partial charge in [0, 0.05) is 12.8 Å². The van der Waals surface area contributed by atoms with Gasteiger partial charge >= 0.3 is 0 Å². The number of aliphatic imine (C=N–C) groups is 1. The summed E-state index contributed by atoms with van der Waals surface area (Å²) in [6, 6.07) is 0. The minimum absolute atomic E-state index is 1.08. The Hall–Kier alpha value is -1.11. The van der Waals surface area contributed by atoms with Crippen molar-refractivity contribution in [2.24, 2.45) is 4.99 Å². The van der Waals surface area contributed by atoms with Gasteiger partial charge in [0.1, 0.15) is 0 Å². The molecule has 0 aromatic carbocycles. The van der Waals surface area contributed by atoms with E-state index in [4.69, 9.17) is 0 Å². The molecule has 0 unspecified atom stereocenters. The fraction of sp³-hybridized carbons (Fsp3) is 0.417. The molecule has 1 aliphatic carbocycles. The van der Waals surface area contributed by atoms with Gasteiger partial charge in [-0.15, -0.1) is 0 Å². The van der Waals surface area contributed by atoms with Crippen molar-refractivity contribution in [2.45, 2.75) is 26.7 Å². The Labute approximate surface area is 80.6 Å². The molecule has 0 N–H and O–H groups in total. The van der Waals surface area contributed by atoms with Gasteiger partial charge in [0.2, 0.25) is 0 Å². The maximum absolute atomic E-state index is 4.29. The summed E-state index contributed by atoms with van der Waals surface area (Å²) in [7, 11) is 1.87. The molecule has 1 heteroatoms. The first-order chi connectivity index (χ1) is 6.27. The molecule has 0 aromatic rings. The predicted molar refractivity (Wildman–Crippen MR) is 59.2 cm³/mol. The zero-order chi connectivity index (χ0) is 9.68. The third-order valence-corrected chi connectivity index (χ3v) is 2.29. The number of allylic oxidation sites excluding steroid dienone is 6. The Morgan fingerprint density at radius 3 is 2.92 bits per heavy atom. The van der Waals surface area contributed by atoms with Crippen molar-refractivity contribution in [3.63, 3.8) is 0 Å². The van der Waals surface area contributed by atoms with Crippen molar-refractivity contribution in [2.75, 3.05) is 7.05 Å². The molecule has 1 aliphatic rings. The Bertz CT molecular complexity index is 290. The smallest absolute Gasteiger partial charge is 0.0420 e. The second kappa shape index (κ2) is 4.80. The van der Waals surface area contributed by atoms with Crippen LogP contribution in [0, 0.1) is 0 Å². The van der Waals surface area contributed by atoms with Crippen LogP contribution >= 0.6 is 0 Å². The van der Waals surface area contributed by atoms with Crippen LogP contribution < -0.4 is 0 Å². The van der Waals surface area contributed by atoms with Gasteiger partial charge in [0.15, 0.2) is 0 Å². The molecule has 0 saturated heterocycles. The van der Waals surface area contributed by atoms with Gasteiger partial charge in [-0.25, -0.2) is 0 Å². The number of hydrogen-bond donors (Lipinski definition) is 0. The van der Waals surface area contributed by atoms with Crippen molar-refractivity contribution in [3.05, 3.63) is 35.5 Å². The summed E-state index contributed by atoms with van der Waals surface area (Å²) in [5, 5.41) is 0. The van der Waals surface area contributed by atoms with Crippen molar-refractivity contribution < 1.29 is 0 Å². The summed E-state index contributed by atoms with van der Waals surface area (Å²) in [5.74, 6) is 0. The molecule has 0 atom stereocenters. The van der Waals surface area contributed by atoms with E-state index >= 15 is 0 Å². The van der Waals surface area contributed by atoms with Crippen LogP contribution in [0.4, 0.5) is 0 Å². The first-order valence-electron chi connectivity index (χ1n) is 4.75. The Morgan fingerprint density at radius 1 is 1.54 bits per heavy atom. The van der Waals surface area contributed by atoms with Gasteiger partial charge in [-0.2, -0.15) is 0 Å². The summed E-state index contributed by atoms with van der Waals surface area (Å²) in [4.78, 5) is 4.29. The first kappa shape index (κ1) is 9.97. The van der Waals surface area contributed by atoms with E-state index in [0.29, 0.717) is 0 Å². The van der Waals surface area contributed by atoms with E-state index in [9.17, 15) is 0 Å². The van der Waals surface area contributed by atoms with E-state index in [1.54, 1.807) is 0 Å². The number of hydrogen-bond acceptors (Lipinski definition) is 1. The zero-order valence-electron chi connectivity index (χ0n) is 8.67. The molecule has 0 aliphatic heterocycles. The third-order valence-electron chi connectivity index (χ3n) is 2.29. The van der Waals surface area contributed by atoms with Crippen molar-refractivity contribution in [1.82, 2.24) is 0 Å². The molecular weight excluding hydrogens is 158 g/mol. The quantitative estimate of drug-likeness (QED) is 0.580. The van der Waals surface area contributed by atoms with E-state index in [2.05, 4.69) is 43.1 Å². The standard InChI is InChI=1S/C12H17N/c1-4-10(2)9-11-7-5-6-8-12(11)13-3/h4-5,7,9H,6,8H2,1-3H3/b10-4-,11-9-,13-12?. The van der Waals surface area contributed by atoms with Crippen LogP contribution in [0.3, 0.4) is 0 Å². The van der Waals surface area contributed by atoms with Gasteiger partial charge in [-0.05, 0) is 32.3 Å². The summed E-state index contributed by atoms with van der Waals surface area (Å²) < 4.78 is 0. The Morgan fingerprint density at radius 2 is 2.31 bits per heavy atom. The summed E-state index contributed by atoms with van der Waals surface area (Å²) in [6.07, 6.45) is 10.9. The van der Waals surface area contributed by atoms with E-state index in [1.807, 2.05) is 7.05 Å². The lowest BCUT2D eigenvalue weighted by Crippen LogP contribution is -2.04. The van der Waals surface area contributed by atoms with E-state index in [0.717, 1.165) is 12.8 Å². The van der Waals surface area contributed by atoms with Crippen molar-refractivity contribution >= 4 is 5.71 Å². The zero-order valence-corrected chi connectivity index (χ0v) is 8.67. The molecule has 0 fully saturated rings. The fourth-order valence-electron chi connectivity index (χ4n) is 1.37. The molecule has 13 heavy (non-hydrogen) atoms. The number of nitrogens with zero attached hydrogens (tertiary/aromatic N) is 1. The minimum atomic E-state index is 1.08. The Balaban J connectivity index is 2.94. The highest BCUT2D eigenvalue weighted by Crippen LogP contribution is 2.15. The van der Waals surface area contributed by atoms with Crippen LogP contribution in [0.15, 0.2) is 40.4 Å². The van der Waals surface area contributed by atoms with Gasteiger partial charge in [-0.3, -0.25) is 4.99 Å². The largest absolute Gasteiger partial charge is 0.292 e. The van der Waals surface area contributed by atoms with Crippen LogP contribution in [0.1, 0.15) is 26.7 Å². The molecule has 0 amide bonds. The van der Waals surface area contributed by atoms with Crippen LogP contribution in [0.2, 0.25) is 0 Å². The molecule has 0 aromatic heterocycles. The number of rotatable bonds is 1. The normalized spacial score (nSPS) is 24.4. The lowest BCUT2D eigenvalue weighted by Gasteiger charge is -2.10. The molecule has 1 nitrogen and oxygen atoms in total.